The Kier molecular flexibility index (Phi) is 14.6. The first-order valence-electron chi connectivity index (χ1n) is 13.8. The summed E-state index contributed by atoms with van der Waals surface area (Å²) in [4.78, 5) is 66.6. The highest BCUT2D eigenvalue weighted by Gasteiger charge is 2.27. The number of ether oxygens (including phenoxy) is 2. The van der Waals surface area contributed by atoms with Gasteiger partial charge in [-0.05, 0) is 43.4 Å². The van der Waals surface area contributed by atoms with Crippen LogP contribution in [0.3, 0.4) is 0 Å². The number of hydrogen-bond acceptors (Lipinski definition) is 7. The highest BCUT2D eigenvalue weighted by atomic mass is 35.5. The first-order valence-corrected chi connectivity index (χ1v) is 14.1. The van der Waals surface area contributed by atoms with E-state index in [1.165, 1.54) is 11.9 Å². The van der Waals surface area contributed by atoms with Crippen molar-refractivity contribution < 1.29 is 38.6 Å². The number of halogens is 1. The number of aliphatic imine (C=N–C) groups is 1. The summed E-state index contributed by atoms with van der Waals surface area (Å²) >= 11 is 5.96. The number of aliphatic carboxylic acids is 1. The van der Waals surface area contributed by atoms with Crippen LogP contribution in [0.15, 0.2) is 29.3 Å². The third-order valence-corrected chi connectivity index (χ3v) is 6.84. The zero-order valence-corrected chi connectivity index (χ0v) is 24.3. The van der Waals surface area contributed by atoms with Crippen molar-refractivity contribution in [1.29, 1.82) is 0 Å². The molecule has 3 N–H and O–H groups in total. The number of carboxylic acid groups (broad SMARTS) is 1. The maximum Gasteiger partial charge on any atom is 0.434 e. The van der Waals surface area contributed by atoms with Gasteiger partial charge in [-0.3, -0.25) is 9.59 Å². The topological polar surface area (TPSA) is 164 Å². The number of benzene rings is 1. The molecule has 1 aromatic carbocycles. The number of nitrogens with zero attached hydrogens (tertiary/aromatic N) is 2. The van der Waals surface area contributed by atoms with Crippen molar-refractivity contribution >= 4 is 47.3 Å². The molecule has 12 nitrogen and oxygen atoms in total. The highest BCUT2D eigenvalue weighted by molar-refractivity contribution is 6.40. The summed E-state index contributed by atoms with van der Waals surface area (Å²) in [6.07, 6.45) is 3.12. The first kappa shape index (κ1) is 33.5. The van der Waals surface area contributed by atoms with E-state index >= 15 is 0 Å². The van der Waals surface area contributed by atoms with Crippen LogP contribution < -0.4 is 10.6 Å². The summed E-state index contributed by atoms with van der Waals surface area (Å²) in [7, 11) is 1.50. The molecule has 1 aliphatic carbocycles. The molecule has 0 aromatic heterocycles. The van der Waals surface area contributed by atoms with Crippen LogP contribution >= 0.6 is 11.6 Å². The van der Waals surface area contributed by atoms with E-state index in [1.807, 2.05) is 0 Å². The average Bonchev–Trinajstić information content (AvgIpc) is 2.94. The molecule has 0 spiro atoms. The van der Waals surface area contributed by atoms with Crippen LogP contribution in [0.4, 0.5) is 9.59 Å². The maximum absolute atomic E-state index is 13.1. The van der Waals surface area contributed by atoms with Crippen LogP contribution in [-0.4, -0.2) is 78.5 Å². The van der Waals surface area contributed by atoms with Gasteiger partial charge in [0.25, 0.3) is 5.91 Å². The van der Waals surface area contributed by atoms with Gasteiger partial charge in [-0.15, -0.1) is 0 Å². The summed E-state index contributed by atoms with van der Waals surface area (Å²) < 4.78 is 10.1. The summed E-state index contributed by atoms with van der Waals surface area (Å²) in [5.74, 6) is -2.37. The van der Waals surface area contributed by atoms with Crippen LogP contribution in [0.2, 0.25) is 5.02 Å². The molecule has 0 unspecified atom stereocenters. The second kappa shape index (κ2) is 17.9. The molecule has 0 radical (unpaired) electrons. The fourth-order valence-corrected chi connectivity index (χ4v) is 4.53. The van der Waals surface area contributed by atoms with E-state index in [0.717, 1.165) is 32.1 Å². The zero-order valence-electron chi connectivity index (χ0n) is 23.5. The van der Waals surface area contributed by atoms with E-state index in [9.17, 15) is 29.1 Å². The van der Waals surface area contributed by atoms with Crippen LogP contribution in [0, 0.1) is 5.92 Å². The molecular weight excluding hydrogens is 556 g/mol. The molecule has 4 amide bonds. The van der Waals surface area contributed by atoms with E-state index in [2.05, 4.69) is 15.6 Å². The molecule has 1 atom stereocenters. The Labute approximate surface area is 244 Å². The summed E-state index contributed by atoms with van der Waals surface area (Å²) in [6.45, 7) is 2.15. The molecular formula is C28H39ClN4O8. The number of carbonyl (C=O) groups excluding carboxylic acids is 4. The fraction of sp³-hybridized carbons (Fsp3) is 0.571. The van der Waals surface area contributed by atoms with Crippen molar-refractivity contribution in [1.82, 2.24) is 15.5 Å². The predicted octanol–water partition coefficient (Wildman–Crippen LogP) is 3.94. The summed E-state index contributed by atoms with van der Waals surface area (Å²) in [5, 5.41) is 15.1. The second-order valence-corrected chi connectivity index (χ2v) is 10.3. The van der Waals surface area contributed by atoms with Crippen LogP contribution in [0.1, 0.15) is 63.9 Å². The van der Waals surface area contributed by atoms with E-state index in [-0.39, 0.29) is 56.6 Å². The molecule has 0 aliphatic heterocycles. The van der Waals surface area contributed by atoms with E-state index < -0.39 is 30.1 Å². The lowest BCUT2D eigenvalue weighted by molar-refractivity contribution is -0.141. The summed E-state index contributed by atoms with van der Waals surface area (Å²) in [6, 6.07) is 5.38. The molecule has 13 heteroatoms. The monoisotopic (exact) mass is 594 g/mol. The van der Waals surface area contributed by atoms with Crippen LogP contribution in [0.25, 0.3) is 0 Å². The predicted molar refractivity (Wildman–Crippen MR) is 152 cm³/mol. The first-order chi connectivity index (χ1) is 19.6. The minimum atomic E-state index is -1.38. The Morgan fingerprint density at radius 2 is 1.88 bits per heavy atom. The standard InChI is InChI=1S/C28H39ClN4O8/c1-3-30-27(38)40-15-14-33(2)24(34)13-12-22(26(36)37)31-25(35)23(17-19-8-5-4-6-9-19)32-28(39)41-18-20-10-7-11-21(29)16-20/h7,10-11,16,19,22H,3-6,8-9,12-15,17-18H2,1-2H3,(H,30,38)(H,31,35)(H,36,37)/b32-23+/t22-/m0/s1. The van der Waals surface area contributed by atoms with Crippen molar-refractivity contribution in [3.05, 3.63) is 34.9 Å². The van der Waals surface area contributed by atoms with Gasteiger partial charge in [0.1, 0.15) is 25.0 Å². The second-order valence-electron chi connectivity index (χ2n) is 9.84. The van der Waals surface area contributed by atoms with Gasteiger partial charge in [0, 0.05) is 25.0 Å². The van der Waals surface area contributed by atoms with Crippen LogP contribution in [0.5, 0.6) is 0 Å². The van der Waals surface area contributed by atoms with Crippen molar-refractivity contribution in [2.45, 2.75) is 70.9 Å². The maximum atomic E-state index is 13.1. The van der Waals surface area contributed by atoms with Crippen molar-refractivity contribution in [2.24, 2.45) is 10.9 Å². The van der Waals surface area contributed by atoms with Gasteiger partial charge >= 0.3 is 18.2 Å². The lowest BCUT2D eigenvalue weighted by atomic mass is 9.85. The molecule has 1 saturated carbocycles. The number of carboxylic acids is 1. The third kappa shape index (κ3) is 13.0. The number of hydrogen-bond donors (Lipinski definition) is 3. The van der Waals surface area contributed by atoms with Gasteiger partial charge in [0.2, 0.25) is 5.91 Å². The molecule has 0 bridgehead atoms. The van der Waals surface area contributed by atoms with Gasteiger partial charge < -0.3 is 30.1 Å². The zero-order chi connectivity index (χ0) is 30.2. The van der Waals surface area contributed by atoms with Crippen molar-refractivity contribution in [3.8, 4) is 0 Å². The number of rotatable bonds is 14. The molecule has 1 aliphatic rings. The van der Waals surface area contributed by atoms with Crippen molar-refractivity contribution in [2.75, 3.05) is 26.7 Å². The highest BCUT2D eigenvalue weighted by Crippen LogP contribution is 2.27. The van der Waals surface area contributed by atoms with Gasteiger partial charge in [0.15, 0.2) is 0 Å². The SMILES string of the molecule is CCNC(=O)OCCN(C)C(=O)CC[C@H](NC(=O)/C(CC1CCCCC1)=N/C(=O)OCc1cccc(Cl)c1)C(=O)O. The van der Waals surface area contributed by atoms with E-state index in [4.69, 9.17) is 21.1 Å². The number of amides is 4. The number of nitrogens with one attached hydrogen (secondary N) is 2. The quantitative estimate of drug-likeness (QED) is 0.273. The van der Waals surface area contributed by atoms with Gasteiger partial charge in [-0.25, -0.2) is 14.4 Å². The van der Waals surface area contributed by atoms with Crippen molar-refractivity contribution in [3.63, 3.8) is 0 Å². The smallest absolute Gasteiger partial charge is 0.434 e. The normalized spacial score (nSPS) is 14.5. The lowest BCUT2D eigenvalue weighted by Crippen LogP contribution is -2.45. The van der Waals surface area contributed by atoms with E-state index in [1.54, 1.807) is 31.2 Å². The Balaban J connectivity index is 2.00. The Morgan fingerprint density at radius 1 is 1.15 bits per heavy atom. The Morgan fingerprint density at radius 3 is 2.54 bits per heavy atom. The number of alkyl carbamates (subject to hydrolysis) is 1. The minimum Gasteiger partial charge on any atom is -0.480 e. The van der Waals surface area contributed by atoms with Gasteiger partial charge in [-0.1, -0.05) is 55.8 Å². The molecule has 1 aromatic rings. The molecule has 41 heavy (non-hydrogen) atoms. The molecule has 0 saturated heterocycles. The molecule has 0 heterocycles. The minimum absolute atomic E-state index is 0.0262. The van der Waals surface area contributed by atoms with Gasteiger partial charge in [-0.2, -0.15) is 4.99 Å². The van der Waals surface area contributed by atoms with Gasteiger partial charge in [0.05, 0.1) is 6.54 Å². The fourth-order valence-electron chi connectivity index (χ4n) is 4.32. The molecule has 226 valence electrons. The Bertz CT molecular complexity index is 1090. The van der Waals surface area contributed by atoms with Crippen LogP contribution in [-0.2, 0) is 30.5 Å². The third-order valence-electron chi connectivity index (χ3n) is 6.60. The summed E-state index contributed by atoms with van der Waals surface area (Å²) in [5.41, 5.74) is 0.542. The lowest BCUT2D eigenvalue weighted by Gasteiger charge is -2.23. The largest absolute Gasteiger partial charge is 0.480 e. The molecule has 1 fully saturated rings. The number of likely N-dealkylation sites (N-methyl/N-ethyl adjacent to an activating group) is 1. The van der Waals surface area contributed by atoms with E-state index in [0.29, 0.717) is 17.1 Å². The average molecular weight is 595 g/mol. The Hall–Kier alpha value is -3.67. The molecule has 2 rings (SSSR count). The number of carbonyl (C=O) groups is 5.